The topological polar surface area (TPSA) is 51.0 Å². The van der Waals surface area contributed by atoms with Gasteiger partial charge in [0.05, 0.1) is 17.9 Å². The summed E-state index contributed by atoms with van der Waals surface area (Å²) in [4.78, 5) is 13.3. The summed E-state index contributed by atoms with van der Waals surface area (Å²) in [6.07, 6.45) is 4.96. The minimum absolute atomic E-state index is 0.521. The Bertz CT molecular complexity index is 1000. The molecule has 2 unspecified atom stereocenters. The number of para-hydroxylation sites is 1. The molecule has 1 amide bonds. The number of amides is 1. The Hall–Kier alpha value is -2.95. The Morgan fingerprint density at radius 3 is 2.23 bits per heavy atom. The molecule has 0 saturated heterocycles. The van der Waals surface area contributed by atoms with E-state index in [4.69, 9.17) is 0 Å². The van der Waals surface area contributed by atoms with Gasteiger partial charge in [0.2, 0.25) is 6.41 Å². The molecule has 5 heteroatoms. The van der Waals surface area contributed by atoms with Crippen molar-refractivity contribution in [3.8, 4) is 22.5 Å². The molecule has 0 radical (unpaired) electrons. The first-order valence-electron chi connectivity index (χ1n) is 11.3. The quantitative estimate of drug-likeness (QED) is 0.471. The standard InChI is InChI=1S/C17H14N4O.C9H20/c1-20-17-14-8-4-5-9-15(14)21(11-22)10-12-6-2-3-7-13(12)16(17)18-19-20;1-5-8(3)7-9(4)6-2/h2-9,11H,10H2,1H3;8-9H,5-7H2,1-4H3. The molecular formula is C26H34N4O. The maximum Gasteiger partial charge on any atom is 0.214 e. The van der Waals surface area contributed by atoms with Gasteiger partial charge >= 0.3 is 0 Å². The van der Waals surface area contributed by atoms with E-state index in [1.165, 1.54) is 19.3 Å². The van der Waals surface area contributed by atoms with Crippen molar-refractivity contribution in [2.75, 3.05) is 4.90 Å². The molecule has 0 saturated carbocycles. The van der Waals surface area contributed by atoms with Crippen LogP contribution in [0, 0.1) is 11.8 Å². The molecule has 0 aliphatic carbocycles. The fourth-order valence-corrected chi connectivity index (χ4v) is 4.04. The number of hydrogen-bond donors (Lipinski definition) is 0. The van der Waals surface area contributed by atoms with Crippen molar-refractivity contribution in [2.24, 2.45) is 18.9 Å². The third kappa shape index (κ3) is 5.04. The van der Waals surface area contributed by atoms with Crippen LogP contribution >= 0.6 is 0 Å². The number of aromatic nitrogens is 3. The number of fused-ring (bicyclic) bond motifs is 5. The van der Waals surface area contributed by atoms with Crippen molar-refractivity contribution in [3.05, 3.63) is 54.1 Å². The molecule has 2 atom stereocenters. The first-order chi connectivity index (χ1) is 15.0. The molecule has 31 heavy (non-hydrogen) atoms. The molecule has 0 spiro atoms. The van der Waals surface area contributed by atoms with Crippen LogP contribution in [0.25, 0.3) is 22.5 Å². The highest BCUT2D eigenvalue weighted by molar-refractivity contribution is 5.92. The zero-order valence-corrected chi connectivity index (χ0v) is 19.4. The lowest BCUT2D eigenvalue weighted by Gasteiger charge is -2.25. The van der Waals surface area contributed by atoms with Gasteiger partial charge in [-0.2, -0.15) is 0 Å². The van der Waals surface area contributed by atoms with E-state index in [1.807, 2.05) is 55.6 Å². The van der Waals surface area contributed by atoms with Crippen LogP contribution in [0.2, 0.25) is 0 Å². The highest BCUT2D eigenvalue weighted by Crippen LogP contribution is 2.39. The number of nitrogens with zero attached hydrogens (tertiary/aromatic N) is 4. The van der Waals surface area contributed by atoms with E-state index in [2.05, 4.69) is 38.0 Å². The summed E-state index contributed by atoms with van der Waals surface area (Å²) < 4.78 is 1.76. The number of rotatable bonds is 5. The predicted octanol–water partition coefficient (Wildman–Crippen LogP) is 6.09. The van der Waals surface area contributed by atoms with Crippen molar-refractivity contribution < 1.29 is 4.79 Å². The van der Waals surface area contributed by atoms with Crippen LogP contribution in [0.1, 0.15) is 52.5 Å². The van der Waals surface area contributed by atoms with Crippen LogP contribution in [-0.2, 0) is 18.4 Å². The van der Waals surface area contributed by atoms with E-state index < -0.39 is 0 Å². The van der Waals surface area contributed by atoms with Gasteiger partial charge in [-0.05, 0) is 29.9 Å². The van der Waals surface area contributed by atoms with E-state index in [0.717, 1.165) is 52.0 Å². The summed E-state index contributed by atoms with van der Waals surface area (Å²) in [6.45, 7) is 9.74. The van der Waals surface area contributed by atoms with Crippen LogP contribution in [0.3, 0.4) is 0 Å². The third-order valence-electron chi connectivity index (χ3n) is 6.23. The molecule has 4 rings (SSSR count). The molecule has 164 valence electrons. The zero-order valence-electron chi connectivity index (χ0n) is 19.4. The van der Waals surface area contributed by atoms with Crippen molar-refractivity contribution in [3.63, 3.8) is 0 Å². The minimum atomic E-state index is 0.521. The molecule has 2 heterocycles. The average Bonchev–Trinajstić information content (AvgIpc) is 3.17. The summed E-state index contributed by atoms with van der Waals surface area (Å²) in [6, 6.07) is 15.9. The van der Waals surface area contributed by atoms with Crippen molar-refractivity contribution in [1.82, 2.24) is 15.0 Å². The number of anilines is 1. The SMILES string of the molecule is CCC(C)CC(C)CC.Cn1nnc2c1-c1ccccc1N(C=O)Cc1ccccc1-2. The Kier molecular flexibility index (Phi) is 7.61. The Balaban J connectivity index is 0.000000259. The molecule has 5 nitrogen and oxygen atoms in total. The second-order valence-corrected chi connectivity index (χ2v) is 8.58. The maximum atomic E-state index is 11.6. The van der Waals surface area contributed by atoms with Crippen LogP contribution in [-0.4, -0.2) is 21.4 Å². The van der Waals surface area contributed by atoms with Gasteiger partial charge in [-0.3, -0.25) is 4.79 Å². The molecule has 1 aliphatic heterocycles. The second kappa shape index (κ2) is 10.4. The Labute approximate surface area is 186 Å². The zero-order chi connectivity index (χ0) is 22.4. The molecule has 1 aliphatic rings. The summed E-state index contributed by atoms with van der Waals surface area (Å²) in [5.74, 6) is 1.86. The number of benzene rings is 2. The number of hydrogen-bond acceptors (Lipinski definition) is 3. The minimum Gasteiger partial charge on any atom is -0.310 e. The van der Waals surface area contributed by atoms with Crippen LogP contribution in [0.15, 0.2) is 48.5 Å². The smallest absolute Gasteiger partial charge is 0.214 e. The Morgan fingerprint density at radius 2 is 1.58 bits per heavy atom. The first-order valence-corrected chi connectivity index (χ1v) is 11.3. The van der Waals surface area contributed by atoms with Crippen LogP contribution < -0.4 is 4.90 Å². The first kappa shape index (κ1) is 22.7. The lowest BCUT2D eigenvalue weighted by Crippen LogP contribution is -2.22. The highest BCUT2D eigenvalue weighted by atomic mass is 16.1. The van der Waals surface area contributed by atoms with Gasteiger partial charge in [0, 0.05) is 18.2 Å². The van der Waals surface area contributed by atoms with E-state index in [-0.39, 0.29) is 0 Å². The number of aryl methyl sites for hydroxylation is 1. The van der Waals surface area contributed by atoms with Gasteiger partial charge in [-0.25, -0.2) is 4.68 Å². The Morgan fingerprint density at radius 1 is 0.968 bits per heavy atom. The lowest BCUT2D eigenvalue weighted by molar-refractivity contribution is -0.107. The number of carbonyl (C=O) groups excluding carboxylic acids is 1. The van der Waals surface area contributed by atoms with Crippen molar-refractivity contribution in [1.29, 1.82) is 0 Å². The molecule has 0 fully saturated rings. The summed E-state index contributed by atoms with van der Waals surface area (Å²) in [7, 11) is 1.87. The fourth-order valence-electron chi connectivity index (χ4n) is 4.04. The normalized spacial score (nSPS) is 14.0. The van der Waals surface area contributed by atoms with Crippen molar-refractivity contribution in [2.45, 2.75) is 53.5 Å². The van der Waals surface area contributed by atoms with Gasteiger partial charge in [-0.1, -0.05) is 88.2 Å². The number of carbonyl (C=O) groups is 1. The predicted molar refractivity (Wildman–Crippen MR) is 128 cm³/mol. The van der Waals surface area contributed by atoms with Crippen LogP contribution in [0.4, 0.5) is 5.69 Å². The van der Waals surface area contributed by atoms with Gasteiger partial charge in [-0.15, -0.1) is 5.10 Å². The van der Waals surface area contributed by atoms with Gasteiger partial charge in [0.1, 0.15) is 5.69 Å². The monoisotopic (exact) mass is 418 g/mol. The fraction of sp³-hybridized carbons (Fsp3) is 0.423. The summed E-state index contributed by atoms with van der Waals surface area (Å²) in [5, 5.41) is 8.55. The highest BCUT2D eigenvalue weighted by Gasteiger charge is 2.25. The lowest BCUT2D eigenvalue weighted by atomic mass is 9.94. The molecule has 0 bridgehead atoms. The average molecular weight is 419 g/mol. The largest absolute Gasteiger partial charge is 0.310 e. The van der Waals surface area contributed by atoms with Crippen molar-refractivity contribution >= 4 is 12.1 Å². The van der Waals surface area contributed by atoms with Gasteiger partial charge in [0.15, 0.2) is 0 Å². The molecule has 3 aromatic rings. The van der Waals surface area contributed by atoms with E-state index >= 15 is 0 Å². The van der Waals surface area contributed by atoms with Gasteiger partial charge in [0.25, 0.3) is 0 Å². The molecular weight excluding hydrogens is 384 g/mol. The van der Waals surface area contributed by atoms with Gasteiger partial charge < -0.3 is 4.90 Å². The molecule has 1 aromatic heterocycles. The van der Waals surface area contributed by atoms with E-state index in [1.54, 1.807) is 9.58 Å². The van der Waals surface area contributed by atoms with E-state index in [9.17, 15) is 4.79 Å². The molecule has 0 N–H and O–H groups in total. The van der Waals surface area contributed by atoms with Crippen LogP contribution in [0.5, 0.6) is 0 Å². The third-order valence-corrected chi connectivity index (χ3v) is 6.23. The van der Waals surface area contributed by atoms with E-state index in [0.29, 0.717) is 6.54 Å². The molecule has 2 aromatic carbocycles. The second-order valence-electron chi connectivity index (χ2n) is 8.58. The maximum absolute atomic E-state index is 11.6. The summed E-state index contributed by atoms with van der Waals surface area (Å²) >= 11 is 0. The summed E-state index contributed by atoms with van der Waals surface area (Å²) in [5.41, 5.74) is 5.70.